The zero-order valence-electron chi connectivity index (χ0n) is 12.0. The third-order valence-corrected chi connectivity index (χ3v) is 5.31. The van der Waals surface area contributed by atoms with Crippen LogP contribution < -0.4 is 5.32 Å². The molecule has 2 aliphatic heterocycles. The SMILES string of the molecule is CS(=O)(=O)N1CCC(NC(=O)CC[C@@H]2CCCO2)CC1. The number of carbonyl (C=O) groups is 1. The fourth-order valence-corrected chi connectivity index (χ4v) is 3.67. The molecule has 0 bridgehead atoms. The first kappa shape index (κ1) is 15.7. The fraction of sp³-hybridized carbons (Fsp3) is 0.923. The highest BCUT2D eigenvalue weighted by Gasteiger charge is 2.26. The standard InChI is InChI=1S/C13H24N2O4S/c1-20(17,18)15-8-6-11(7-9-15)14-13(16)5-4-12-3-2-10-19-12/h11-12H,2-10H2,1H3,(H,14,16)/t12-/m0/s1. The zero-order valence-corrected chi connectivity index (χ0v) is 12.8. The van der Waals surface area contributed by atoms with Gasteiger partial charge in [0.1, 0.15) is 0 Å². The lowest BCUT2D eigenvalue weighted by atomic mass is 10.1. The first-order valence-electron chi connectivity index (χ1n) is 7.31. The van der Waals surface area contributed by atoms with Crippen LogP contribution in [0.3, 0.4) is 0 Å². The molecule has 0 radical (unpaired) electrons. The number of rotatable bonds is 5. The van der Waals surface area contributed by atoms with Gasteiger partial charge in [-0.25, -0.2) is 12.7 Å². The van der Waals surface area contributed by atoms with Crippen molar-refractivity contribution in [1.82, 2.24) is 9.62 Å². The van der Waals surface area contributed by atoms with Crippen molar-refractivity contribution in [2.45, 2.75) is 50.7 Å². The minimum atomic E-state index is -3.09. The van der Waals surface area contributed by atoms with Crippen molar-refractivity contribution in [1.29, 1.82) is 0 Å². The van der Waals surface area contributed by atoms with Crippen LogP contribution in [0.25, 0.3) is 0 Å². The van der Waals surface area contributed by atoms with E-state index in [4.69, 9.17) is 4.74 Å². The minimum absolute atomic E-state index is 0.0540. The molecule has 2 aliphatic rings. The van der Waals surface area contributed by atoms with E-state index in [2.05, 4.69) is 5.32 Å². The summed E-state index contributed by atoms with van der Waals surface area (Å²) in [5.41, 5.74) is 0. The molecule has 2 saturated heterocycles. The summed E-state index contributed by atoms with van der Waals surface area (Å²) < 4.78 is 29.7. The number of ether oxygens (including phenoxy) is 1. The molecule has 0 spiro atoms. The number of sulfonamides is 1. The van der Waals surface area contributed by atoms with Gasteiger partial charge in [0.2, 0.25) is 15.9 Å². The molecule has 0 aromatic rings. The Bertz CT molecular complexity index is 424. The van der Waals surface area contributed by atoms with E-state index in [0.29, 0.717) is 32.4 Å². The molecular weight excluding hydrogens is 280 g/mol. The summed E-state index contributed by atoms with van der Waals surface area (Å²) in [5.74, 6) is 0.0540. The molecule has 2 rings (SSSR count). The molecule has 0 aromatic heterocycles. The van der Waals surface area contributed by atoms with Gasteiger partial charge in [-0.15, -0.1) is 0 Å². The van der Waals surface area contributed by atoms with Crippen molar-refractivity contribution in [2.75, 3.05) is 26.0 Å². The van der Waals surface area contributed by atoms with Gasteiger partial charge in [-0.2, -0.15) is 0 Å². The van der Waals surface area contributed by atoms with Crippen LogP contribution in [0.2, 0.25) is 0 Å². The molecule has 0 unspecified atom stereocenters. The van der Waals surface area contributed by atoms with Crippen molar-refractivity contribution < 1.29 is 17.9 Å². The summed E-state index contributed by atoms with van der Waals surface area (Å²) in [7, 11) is -3.09. The van der Waals surface area contributed by atoms with Crippen LogP contribution in [-0.4, -0.2) is 56.7 Å². The third-order valence-electron chi connectivity index (χ3n) is 4.01. The molecular formula is C13H24N2O4S. The van der Waals surface area contributed by atoms with Gasteiger partial charge in [-0.3, -0.25) is 4.79 Å². The van der Waals surface area contributed by atoms with Crippen LogP contribution in [0.4, 0.5) is 0 Å². The monoisotopic (exact) mass is 304 g/mol. The molecule has 0 aliphatic carbocycles. The van der Waals surface area contributed by atoms with Crippen molar-refractivity contribution in [3.8, 4) is 0 Å². The molecule has 116 valence electrons. The molecule has 2 heterocycles. The lowest BCUT2D eigenvalue weighted by Gasteiger charge is -2.30. The smallest absolute Gasteiger partial charge is 0.220 e. The first-order chi connectivity index (χ1) is 9.45. The van der Waals surface area contributed by atoms with E-state index in [-0.39, 0.29) is 18.1 Å². The average Bonchev–Trinajstić information content (AvgIpc) is 2.89. The molecule has 0 saturated carbocycles. The van der Waals surface area contributed by atoms with Crippen LogP contribution in [0.1, 0.15) is 38.5 Å². The van der Waals surface area contributed by atoms with Gasteiger partial charge in [0.25, 0.3) is 0 Å². The molecule has 20 heavy (non-hydrogen) atoms. The van der Waals surface area contributed by atoms with Crippen LogP contribution in [-0.2, 0) is 19.6 Å². The largest absolute Gasteiger partial charge is 0.378 e. The van der Waals surface area contributed by atoms with Crippen molar-refractivity contribution in [3.05, 3.63) is 0 Å². The highest BCUT2D eigenvalue weighted by atomic mass is 32.2. The predicted octanol–water partition coefficient (Wildman–Crippen LogP) is 0.486. The molecule has 7 heteroatoms. The Balaban J connectivity index is 1.65. The third kappa shape index (κ3) is 4.71. The summed E-state index contributed by atoms with van der Waals surface area (Å²) in [4.78, 5) is 11.8. The quantitative estimate of drug-likeness (QED) is 0.802. The number of hydrogen-bond acceptors (Lipinski definition) is 4. The first-order valence-corrected chi connectivity index (χ1v) is 9.16. The topological polar surface area (TPSA) is 75.7 Å². The Morgan fingerprint density at radius 2 is 2.00 bits per heavy atom. The van der Waals surface area contributed by atoms with Gasteiger partial charge in [-0.05, 0) is 32.1 Å². The number of carbonyl (C=O) groups excluding carboxylic acids is 1. The van der Waals surface area contributed by atoms with Gasteiger partial charge in [-0.1, -0.05) is 0 Å². The maximum Gasteiger partial charge on any atom is 0.220 e. The molecule has 1 atom stereocenters. The van der Waals surface area contributed by atoms with Gasteiger partial charge in [0.15, 0.2) is 0 Å². The van der Waals surface area contributed by atoms with E-state index in [1.807, 2.05) is 0 Å². The minimum Gasteiger partial charge on any atom is -0.378 e. The number of amides is 1. The lowest BCUT2D eigenvalue weighted by Crippen LogP contribution is -2.46. The van der Waals surface area contributed by atoms with E-state index in [0.717, 1.165) is 25.9 Å². The predicted molar refractivity (Wildman–Crippen MR) is 75.8 cm³/mol. The number of nitrogens with zero attached hydrogens (tertiary/aromatic N) is 1. The normalized spacial score (nSPS) is 25.8. The summed E-state index contributed by atoms with van der Waals surface area (Å²) in [6, 6.07) is 0.102. The van der Waals surface area contributed by atoms with Crippen LogP contribution in [0.5, 0.6) is 0 Å². The van der Waals surface area contributed by atoms with Crippen LogP contribution in [0.15, 0.2) is 0 Å². The molecule has 6 nitrogen and oxygen atoms in total. The summed E-state index contributed by atoms with van der Waals surface area (Å²) in [6.45, 7) is 1.81. The van der Waals surface area contributed by atoms with E-state index in [9.17, 15) is 13.2 Å². The number of hydrogen-bond donors (Lipinski definition) is 1. The second-order valence-corrected chi connectivity index (χ2v) is 7.66. The summed E-state index contributed by atoms with van der Waals surface area (Å²) in [5, 5.41) is 3.00. The summed E-state index contributed by atoms with van der Waals surface area (Å²) in [6.07, 6.45) is 6.29. The Morgan fingerprint density at radius 3 is 2.55 bits per heavy atom. The maximum atomic E-state index is 11.8. The van der Waals surface area contributed by atoms with Crippen molar-refractivity contribution >= 4 is 15.9 Å². The van der Waals surface area contributed by atoms with E-state index < -0.39 is 10.0 Å². The zero-order chi connectivity index (χ0) is 14.6. The molecule has 1 N–H and O–H groups in total. The van der Waals surface area contributed by atoms with Crippen molar-refractivity contribution in [2.24, 2.45) is 0 Å². The molecule has 0 aromatic carbocycles. The highest BCUT2D eigenvalue weighted by molar-refractivity contribution is 7.88. The lowest BCUT2D eigenvalue weighted by molar-refractivity contribution is -0.122. The van der Waals surface area contributed by atoms with Crippen molar-refractivity contribution in [3.63, 3.8) is 0 Å². The Kier molecular flexibility index (Phi) is 5.40. The summed E-state index contributed by atoms with van der Waals surface area (Å²) >= 11 is 0. The van der Waals surface area contributed by atoms with E-state index in [1.165, 1.54) is 10.6 Å². The Hall–Kier alpha value is -0.660. The average molecular weight is 304 g/mol. The Labute approximate surface area is 120 Å². The van der Waals surface area contributed by atoms with Gasteiger partial charge < -0.3 is 10.1 Å². The van der Waals surface area contributed by atoms with Gasteiger partial charge in [0, 0.05) is 32.2 Å². The second kappa shape index (κ2) is 6.87. The molecule has 1 amide bonds. The number of piperidine rings is 1. The van der Waals surface area contributed by atoms with E-state index >= 15 is 0 Å². The number of nitrogens with one attached hydrogen (secondary N) is 1. The second-order valence-electron chi connectivity index (χ2n) is 5.68. The highest BCUT2D eigenvalue weighted by Crippen LogP contribution is 2.17. The molecule has 2 fully saturated rings. The van der Waals surface area contributed by atoms with Gasteiger partial charge in [0.05, 0.1) is 12.4 Å². The van der Waals surface area contributed by atoms with Gasteiger partial charge >= 0.3 is 0 Å². The van der Waals surface area contributed by atoms with Crippen LogP contribution in [0, 0.1) is 0 Å². The fourth-order valence-electron chi connectivity index (χ4n) is 2.80. The van der Waals surface area contributed by atoms with E-state index in [1.54, 1.807) is 0 Å². The Morgan fingerprint density at radius 1 is 1.30 bits per heavy atom. The maximum absolute atomic E-state index is 11.8. The van der Waals surface area contributed by atoms with Crippen LogP contribution >= 0.6 is 0 Å².